The Bertz CT molecular complexity index is 963. The molecule has 2 bridgehead atoms. The highest BCUT2D eigenvalue weighted by Gasteiger charge is 2.30. The van der Waals surface area contributed by atoms with E-state index in [9.17, 15) is 4.79 Å². The maximum Gasteiger partial charge on any atom is 0.341 e. The first-order valence-corrected chi connectivity index (χ1v) is 11.3. The van der Waals surface area contributed by atoms with Crippen molar-refractivity contribution in [3.05, 3.63) is 33.7 Å². The lowest BCUT2D eigenvalue weighted by molar-refractivity contribution is 0.182. The molecule has 3 aliphatic heterocycles. The Balaban J connectivity index is 1.33. The first kappa shape index (κ1) is 19.9. The number of nitrogens with zero attached hydrogens (tertiary/aromatic N) is 2. The molecule has 6 rings (SSSR count). The zero-order valence-corrected chi connectivity index (χ0v) is 18.1. The minimum atomic E-state index is -0.220. The predicted octanol–water partition coefficient (Wildman–Crippen LogP) is 3.29. The number of benzene rings is 1. The maximum atomic E-state index is 12.7. The van der Waals surface area contributed by atoms with Gasteiger partial charge in [-0.1, -0.05) is 0 Å². The number of hydrogen-bond donors (Lipinski definition) is 0. The standard InChI is InChI=1S/C24H32N2O4/c1-28-22-11-19-18-7-8-25(9-10-26-13-16-3-4-17(14-26)6-5-16)15-20(18)24(27)30-21(19)12-23(22)29-2/h11-12,16-17H,3-10,13-15H2,1-2H3. The van der Waals surface area contributed by atoms with Crippen LogP contribution in [0.25, 0.3) is 11.0 Å². The van der Waals surface area contributed by atoms with Crippen LogP contribution in [0.2, 0.25) is 0 Å². The Morgan fingerprint density at radius 2 is 1.57 bits per heavy atom. The Kier molecular flexibility index (Phi) is 5.46. The Morgan fingerprint density at radius 3 is 2.23 bits per heavy atom. The molecule has 30 heavy (non-hydrogen) atoms. The predicted molar refractivity (Wildman–Crippen MR) is 116 cm³/mol. The first-order chi connectivity index (χ1) is 14.6. The van der Waals surface area contributed by atoms with Gasteiger partial charge in [0, 0.05) is 50.7 Å². The van der Waals surface area contributed by atoms with Gasteiger partial charge in [-0.25, -0.2) is 4.79 Å². The van der Waals surface area contributed by atoms with Gasteiger partial charge >= 0.3 is 5.63 Å². The second kappa shape index (κ2) is 8.23. The van der Waals surface area contributed by atoms with Gasteiger partial charge in [-0.15, -0.1) is 0 Å². The molecular weight excluding hydrogens is 380 g/mol. The molecule has 1 aliphatic carbocycles. The number of hydrogen-bond acceptors (Lipinski definition) is 6. The molecule has 0 spiro atoms. The summed E-state index contributed by atoms with van der Waals surface area (Å²) in [6.07, 6.45) is 6.53. The van der Waals surface area contributed by atoms with Crippen LogP contribution in [0.15, 0.2) is 21.3 Å². The monoisotopic (exact) mass is 412 g/mol. The van der Waals surface area contributed by atoms with Crippen LogP contribution in [-0.4, -0.2) is 56.7 Å². The summed E-state index contributed by atoms with van der Waals surface area (Å²) < 4.78 is 16.5. The van der Waals surface area contributed by atoms with Gasteiger partial charge in [0.1, 0.15) is 5.58 Å². The van der Waals surface area contributed by atoms with Crippen molar-refractivity contribution in [2.45, 2.75) is 38.6 Å². The molecule has 2 saturated heterocycles. The van der Waals surface area contributed by atoms with Crippen LogP contribution < -0.4 is 15.1 Å². The van der Waals surface area contributed by atoms with Crippen molar-refractivity contribution in [3.63, 3.8) is 0 Å². The van der Waals surface area contributed by atoms with E-state index in [1.165, 1.54) is 38.8 Å². The van der Waals surface area contributed by atoms with Gasteiger partial charge in [-0.05, 0) is 55.6 Å². The molecule has 2 aromatic rings. The third-order valence-corrected chi connectivity index (χ3v) is 7.42. The first-order valence-electron chi connectivity index (χ1n) is 11.3. The summed E-state index contributed by atoms with van der Waals surface area (Å²) >= 11 is 0. The van der Waals surface area contributed by atoms with Crippen molar-refractivity contribution >= 4 is 11.0 Å². The lowest BCUT2D eigenvalue weighted by atomic mass is 9.84. The van der Waals surface area contributed by atoms with E-state index in [1.807, 2.05) is 6.07 Å². The van der Waals surface area contributed by atoms with Gasteiger partial charge in [-0.2, -0.15) is 0 Å². The quantitative estimate of drug-likeness (QED) is 0.703. The summed E-state index contributed by atoms with van der Waals surface area (Å²) in [5.41, 5.74) is 2.26. The molecule has 6 heteroatoms. The molecule has 0 atom stereocenters. The third-order valence-electron chi connectivity index (χ3n) is 7.42. The molecule has 1 aromatic heterocycles. The van der Waals surface area contributed by atoms with E-state index in [0.29, 0.717) is 23.6 Å². The maximum absolute atomic E-state index is 12.7. The van der Waals surface area contributed by atoms with Crippen LogP contribution in [0, 0.1) is 11.8 Å². The summed E-state index contributed by atoms with van der Waals surface area (Å²) in [6, 6.07) is 3.70. The summed E-state index contributed by atoms with van der Waals surface area (Å²) in [6.45, 7) is 6.28. The molecule has 0 radical (unpaired) electrons. The van der Waals surface area contributed by atoms with Crippen LogP contribution in [0.3, 0.4) is 0 Å². The largest absolute Gasteiger partial charge is 0.493 e. The Morgan fingerprint density at radius 1 is 0.933 bits per heavy atom. The summed E-state index contributed by atoms with van der Waals surface area (Å²) in [7, 11) is 3.22. The van der Waals surface area contributed by atoms with E-state index >= 15 is 0 Å². The Hall–Kier alpha value is -2.05. The van der Waals surface area contributed by atoms with E-state index in [1.54, 1.807) is 20.3 Å². The minimum absolute atomic E-state index is 0.220. The summed E-state index contributed by atoms with van der Waals surface area (Å²) in [4.78, 5) is 17.8. The molecule has 0 amide bonds. The number of ether oxygens (including phenoxy) is 2. The van der Waals surface area contributed by atoms with Gasteiger partial charge in [0.2, 0.25) is 0 Å². The zero-order chi connectivity index (χ0) is 20.7. The van der Waals surface area contributed by atoms with Crippen LogP contribution in [0.1, 0.15) is 36.8 Å². The normalized spacial score (nSPS) is 24.6. The van der Waals surface area contributed by atoms with Gasteiger partial charge in [0.25, 0.3) is 0 Å². The van der Waals surface area contributed by atoms with Crippen molar-refractivity contribution in [1.29, 1.82) is 0 Å². The van der Waals surface area contributed by atoms with Crippen LogP contribution >= 0.6 is 0 Å². The van der Waals surface area contributed by atoms with E-state index in [4.69, 9.17) is 13.9 Å². The molecule has 0 unspecified atom stereocenters. The highest BCUT2D eigenvalue weighted by molar-refractivity contribution is 5.85. The SMILES string of the molecule is COc1cc2oc(=O)c3c(c2cc1OC)CCN(CCN1CC2CCC(CC2)C1)C3. The average molecular weight is 413 g/mol. The number of fused-ring (bicyclic) bond motifs is 7. The topological polar surface area (TPSA) is 55.2 Å². The van der Waals surface area contributed by atoms with Crippen molar-refractivity contribution in [3.8, 4) is 11.5 Å². The fourth-order valence-corrected chi connectivity index (χ4v) is 5.70. The molecule has 162 valence electrons. The van der Waals surface area contributed by atoms with Crippen molar-refractivity contribution in [2.24, 2.45) is 11.8 Å². The molecule has 3 fully saturated rings. The molecule has 1 aromatic carbocycles. The van der Waals surface area contributed by atoms with Gasteiger partial charge in [-0.3, -0.25) is 4.90 Å². The van der Waals surface area contributed by atoms with Crippen molar-refractivity contribution in [1.82, 2.24) is 9.80 Å². The Labute approximate surface area is 177 Å². The smallest absolute Gasteiger partial charge is 0.341 e. The summed E-state index contributed by atoms with van der Waals surface area (Å²) in [5, 5.41) is 0.964. The van der Waals surface area contributed by atoms with Crippen LogP contribution in [0.4, 0.5) is 0 Å². The van der Waals surface area contributed by atoms with Gasteiger partial charge in [0.15, 0.2) is 11.5 Å². The highest BCUT2D eigenvalue weighted by Crippen LogP contribution is 2.36. The number of rotatable bonds is 5. The zero-order valence-electron chi connectivity index (χ0n) is 18.1. The number of methoxy groups -OCH3 is 2. The average Bonchev–Trinajstić information content (AvgIpc) is 3.10. The fourth-order valence-electron chi connectivity index (χ4n) is 5.70. The second-order valence-electron chi connectivity index (χ2n) is 9.22. The molecule has 6 nitrogen and oxygen atoms in total. The van der Waals surface area contributed by atoms with Gasteiger partial charge in [0.05, 0.1) is 19.8 Å². The highest BCUT2D eigenvalue weighted by atomic mass is 16.5. The minimum Gasteiger partial charge on any atom is -0.493 e. The van der Waals surface area contributed by atoms with Crippen molar-refractivity contribution < 1.29 is 13.9 Å². The van der Waals surface area contributed by atoms with E-state index in [2.05, 4.69) is 9.80 Å². The van der Waals surface area contributed by atoms with Crippen LogP contribution in [-0.2, 0) is 13.0 Å². The summed E-state index contributed by atoms with van der Waals surface area (Å²) in [5.74, 6) is 3.05. The lowest BCUT2D eigenvalue weighted by Crippen LogP contribution is -2.40. The second-order valence-corrected chi connectivity index (χ2v) is 9.22. The lowest BCUT2D eigenvalue weighted by Gasteiger charge is -2.31. The van der Waals surface area contributed by atoms with E-state index in [-0.39, 0.29) is 5.63 Å². The molecule has 4 aliphatic rings. The molecular formula is C24H32N2O4. The fraction of sp³-hybridized carbons (Fsp3) is 0.625. The van der Waals surface area contributed by atoms with Crippen LogP contribution in [0.5, 0.6) is 11.5 Å². The molecule has 0 N–H and O–H groups in total. The molecule has 4 heterocycles. The van der Waals surface area contributed by atoms with E-state index < -0.39 is 0 Å². The molecule has 1 saturated carbocycles. The van der Waals surface area contributed by atoms with E-state index in [0.717, 1.165) is 54.4 Å². The van der Waals surface area contributed by atoms with Crippen molar-refractivity contribution in [2.75, 3.05) is 46.9 Å². The third kappa shape index (κ3) is 3.71. The van der Waals surface area contributed by atoms with Gasteiger partial charge < -0.3 is 18.8 Å².